The predicted molar refractivity (Wildman–Crippen MR) is 70.4 cm³/mol. The third kappa shape index (κ3) is 3.13. The summed E-state index contributed by atoms with van der Waals surface area (Å²) in [6, 6.07) is 1.66. The van der Waals surface area contributed by atoms with Gasteiger partial charge >= 0.3 is 0 Å². The van der Waals surface area contributed by atoms with Crippen molar-refractivity contribution in [2.75, 3.05) is 0 Å². The monoisotopic (exact) mass is 271 g/mol. The first-order valence-electron chi connectivity index (χ1n) is 6.41. The van der Waals surface area contributed by atoms with Crippen LogP contribution in [0.4, 0.5) is 0 Å². The van der Waals surface area contributed by atoms with E-state index in [-0.39, 0.29) is 10.9 Å². The van der Waals surface area contributed by atoms with Crippen LogP contribution < -0.4 is 10.5 Å². The van der Waals surface area contributed by atoms with Gasteiger partial charge in [-0.2, -0.15) is 0 Å². The van der Waals surface area contributed by atoms with Gasteiger partial charge in [-0.05, 0) is 24.8 Å². The third-order valence-electron chi connectivity index (χ3n) is 3.50. The molecule has 0 radical (unpaired) electrons. The Morgan fingerprint density at radius 2 is 2.28 bits per heavy atom. The van der Waals surface area contributed by atoms with E-state index in [1.165, 1.54) is 12.6 Å². The summed E-state index contributed by atoms with van der Waals surface area (Å²) in [5.74, 6) is 0.595. The topological polar surface area (TPSA) is 88.0 Å². The van der Waals surface area contributed by atoms with Crippen molar-refractivity contribution in [3.63, 3.8) is 0 Å². The highest BCUT2D eigenvalue weighted by Gasteiger charge is 2.25. The summed E-state index contributed by atoms with van der Waals surface area (Å²) < 4.78 is 27.1. The Kier molecular flexibility index (Phi) is 4.09. The molecule has 1 fully saturated rings. The first-order chi connectivity index (χ1) is 8.51. The predicted octanol–water partition coefficient (Wildman–Crippen LogP) is 1.33. The van der Waals surface area contributed by atoms with E-state index >= 15 is 0 Å². The second kappa shape index (κ2) is 5.42. The molecule has 6 heteroatoms. The molecule has 1 aromatic heterocycles. The summed E-state index contributed by atoms with van der Waals surface area (Å²) in [7, 11) is -3.41. The van der Waals surface area contributed by atoms with Crippen LogP contribution >= 0.6 is 0 Å². The Hall–Kier alpha value is -0.850. The van der Waals surface area contributed by atoms with E-state index in [2.05, 4.69) is 16.6 Å². The standard InChI is InChI=1S/C12H21N3O2S/c1-9-3-2-4-10(5-9)15-18(16,17)12-6-11(7-13)14-8-12/h6,8-10,14-15H,2-5,7,13H2,1H3. The van der Waals surface area contributed by atoms with Crippen molar-refractivity contribution >= 4 is 10.0 Å². The van der Waals surface area contributed by atoms with Gasteiger partial charge < -0.3 is 10.7 Å². The number of H-pyrrole nitrogens is 1. The van der Waals surface area contributed by atoms with Crippen LogP contribution in [-0.4, -0.2) is 19.4 Å². The molecule has 4 N–H and O–H groups in total. The molecule has 0 bridgehead atoms. The van der Waals surface area contributed by atoms with E-state index in [1.54, 1.807) is 6.07 Å². The van der Waals surface area contributed by atoms with Gasteiger partial charge in [0.2, 0.25) is 10.0 Å². The first kappa shape index (κ1) is 13.6. The van der Waals surface area contributed by atoms with Crippen molar-refractivity contribution in [3.05, 3.63) is 18.0 Å². The Morgan fingerprint density at radius 3 is 2.89 bits per heavy atom. The Balaban J connectivity index is 2.06. The molecule has 0 aromatic carbocycles. The summed E-state index contributed by atoms with van der Waals surface area (Å²) in [6.07, 6.45) is 5.64. The average molecular weight is 271 g/mol. The van der Waals surface area contributed by atoms with Crippen LogP contribution in [0.25, 0.3) is 0 Å². The number of aromatic amines is 1. The second-order valence-electron chi connectivity index (χ2n) is 5.15. The number of rotatable bonds is 4. The van der Waals surface area contributed by atoms with E-state index in [0.29, 0.717) is 12.5 Å². The van der Waals surface area contributed by atoms with E-state index in [0.717, 1.165) is 25.0 Å². The van der Waals surface area contributed by atoms with Crippen LogP contribution in [0.15, 0.2) is 17.2 Å². The molecule has 18 heavy (non-hydrogen) atoms. The molecule has 1 aliphatic rings. The van der Waals surface area contributed by atoms with Crippen molar-refractivity contribution in [2.45, 2.75) is 50.1 Å². The highest BCUT2D eigenvalue weighted by Crippen LogP contribution is 2.24. The van der Waals surface area contributed by atoms with Crippen molar-refractivity contribution in [1.82, 2.24) is 9.71 Å². The number of nitrogens with one attached hydrogen (secondary N) is 2. The van der Waals surface area contributed by atoms with Gasteiger partial charge in [-0.15, -0.1) is 0 Å². The number of aromatic nitrogens is 1. The summed E-state index contributed by atoms with van der Waals surface area (Å²) in [4.78, 5) is 3.14. The SMILES string of the molecule is CC1CCCC(NS(=O)(=O)c2c[nH]c(CN)c2)C1. The molecule has 102 valence electrons. The maximum absolute atomic E-state index is 12.2. The van der Waals surface area contributed by atoms with E-state index in [1.807, 2.05) is 0 Å². The molecule has 1 aliphatic carbocycles. The van der Waals surface area contributed by atoms with Crippen LogP contribution in [0.5, 0.6) is 0 Å². The van der Waals surface area contributed by atoms with Gasteiger partial charge in [0, 0.05) is 24.5 Å². The quantitative estimate of drug-likeness (QED) is 0.772. The van der Waals surface area contributed by atoms with Gasteiger partial charge in [0.05, 0.1) is 4.90 Å². The average Bonchev–Trinajstić information content (AvgIpc) is 2.77. The highest BCUT2D eigenvalue weighted by atomic mass is 32.2. The van der Waals surface area contributed by atoms with E-state index in [4.69, 9.17) is 5.73 Å². The minimum atomic E-state index is -3.41. The molecule has 1 saturated carbocycles. The molecule has 2 rings (SSSR count). The molecule has 2 atom stereocenters. The van der Waals surface area contributed by atoms with Gasteiger partial charge in [-0.3, -0.25) is 0 Å². The molecule has 0 aliphatic heterocycles. The van der Waals surface area contributed by atoms with E-state index in [9.17, 15) is 8.42 Å². The minimum Gasteiger partial charge on any atom is -0.363 e. The normalized spacial score (nSPS) is 25.2. The van der Waals surface area contributed by atoms with Gasteiger partial charge in [-0.25, -0.2) is 13.1 Å². The van der Waals surface area contributed by atoms with Crippen LogP contribution in [-0.2, 0) is 16.6 Å². The molecule has 0 amide bonds. The van der Waals surface area contributed by atoms with Gasteiger partial charge in [0.25, 0.3) is 0 Å². The largest absolute Gasteiger partial charge is 0.363 e. The second-order valence-corrected chi connectivity index (χ2v) is 6.87. The van der Waals surface area contributed by atoms with Crippen LogP contribution in [0.3, 0.4) is 0 Å². The summed E-state index contributed by atoms with van der Waals surface area (Å²) in [5.41, 5.74) is 6.19. The number of hydrogen-bond acceptors (Lipinski definition) is 3. The van der Waals surface area contributed by atoms with Gasteiger partial charge in [0.15, 0.2) is 0 Å². The maximum Gasteiger partial charge on any atom is 0.242 e. The lowest BCUT2D eigenvalue weighted by molar-refractivity contribution is 0.327. The smallest absolute Gasteiger partial charge is 0.242 e. The molecule has 1 heterocycles. The zero-order chi connectivity index (χ0) is 13.2. The number of hydrogen-bond donors (Lipinski definition) is 3. The first-order valence-corrected chi connectivity index (χ1v) is 7.89. The fraction of sp³-hybridized carbons (Fsp3) is 0.667. The molecule has 0 spiro atoms. The Labute approximate surface area is 108 Å². The zero-order valence-corrected chi connectivity index (χ0v) is 11.5. The maximum atomic E-state index is 12.2. The fourth-order valence-electron chi connectivity index (χ4n) is 2.52. The lowest BCUT2D eigenvalue weighted by atomic mass is 9.88. The van der Waals surface area contributed by atoms with Crippen LogP contribution in [0, 0.1) is 5.92 Å². The molecular weight excluding hydrogens is 250 g/mol. The minimum absolute atomic E-state index is 0.0648. The molecule has 0 saturated heterocycles. The van der Waals surface area contributed by atoms with Crippen molar-refractivity contribution in [1.29, 1.82) is 0 Å². The van der Waals surface area contributed by atoms with Crippen LogP contribution in [0.1, 0.15) is 38.3 Å². The van der Waals surface area contributed by atoms with Crippen molar-refractivity contribution < 1.29 is 8.42 Å². The lowest BCUT2D eigenvalue weighted by Gasteiger charge is -2.27. The van der Waals surface area contributed by atoms with Gasteiger partial charge in [-0.1, -0.05) is 19.8 Å². The fourth-order valence-corrected chi connectivity index (χ4v) is 3.82. The Bertz CT molecular complexity index is 495. The van der Waals surface area contributed by atoms with E-state index < -0.39 is 10.0 Å². The van der Waals surface area contributed by atoms with Crippen molar-refractivity contribution in [2.24, 2.45) is 11.7 Å². The lowest BCUT2D eigenvalue weighted by Crippen LogP contribution is -2.37. The van der Waals surface area contributed by atoms with Crippen LogP contribution in [0.2, 0.25) is 0 Å². The highest BCUT2D eigenvalue weighted by molar-refractivity contribution is 7.89. The van der Waals surface area contributed by atoms with Crippen molar-refractivity contribution in [3.8, 4) is 0 Å². The number of nitrogens with two attached hydrogens (primary N) is 1. The number of sulfonamides is 1. The third-order valence-corrected chi connectivity index (χ3v) is 5.00. The van der Waals surface area contributed by atoms with Gasteiger partial charge in [0.1, 0.15) is 0 Å². The summed E-state index contributed by atoms with van der Waals surface area (Å²) in [6.45, 7) is 2.49. The summed E-state index contributed by atoms with van der Waals surface area (Å²) >= 11 is 0. The molecular formula is C12H21N3O2S. The molecule has 5 nitrogen and oxygen atoms in total. The molecule has 2 unspecified atom stereocenters. The zero-order valence-electron chi connectivity index (χ0n) is 10.6. The Morgan fingerprint density at radius 1 is 1.50 bits per heavy atom. The molecule has 1 aromatic rings. The summed E-state index contributed by atoms with van der Waals surface area (Å²) in [5, 5.41) is 0.